The lowest BCUT2D eigenvalue weighted by molar-refractivity contribution is 0.407. The number of aromatic nitrogens is 5. The third-order valence-electron chi connectivity index (χ3n) is 3.13. The predicted octanol–water partition coefficient (Wildman–Crippen LogP) is 0.0827. The fraction of sp³-hybridized carbons (Fsp3) is 0.455. The van der Waals surface area contributed by atoms with Crippen LogP contribution in [0.3, 0.4) is 0 Å². The maximum Gasteiger partial charge on any atom is 0.264 e. The molecule has 3 heterocycles. The van der Waals surface area contributed by atoms with Gasteiger partial charge in [-0.3, -0.25) is 4.79 Å². The molecule has 0 fully saturated rings. The molecule has 0 bridgehead atoms. The number of rotatable bonds is 2. The van der Waals surface area contributed by atoms with E-state index in [1.165, 1.54) is 6.07 Å². The minimum atomic E-state index is -0.217. The van der Waals surface area contributed by atoms with Crippen molar-refractivity contribution in [3.8, 4) is 11.5 Å². The molecule has 94 valence electrons. The van der Waals surface area contributed by atoms with E-state index < -0.39 is 0 Å². The first-order valence-electron chi connectivity index (χ1n) is 6.02. The SMILES string of the molecule is CCC1NCCn2c(-c3ccc(=O)[nH]n3)nnc21. The first-order chi connectivity index (χ1) is 8.79. The Morgan fingerprint density at radius 1 is 1.44 bits per heavy atom. The van der Waals surface area contributed by atoms with Crippen LogP contribution in [-0.4, -0.2) is 31.5 Å². The van der Waals surface area contributed by atoms with Crippen molar-refractivity contribution in [1.82, 2.24) is 30.3 Å². The van der Waals surface area contributed by atoms with Gasteiger partial charge in [0.15, 0.2) is 11.6 Å². The Labute approximate surface area is 103 Å². The van der Waals surface area contributed by atoms with Gasteiger partial charge in [-0.05, 0) is 12.5 Å². The average molecular weight is 246 g/mol. The molecule has 18 heavy (non-hydrogen) atoms. The number of fused-ring (bicyclic) bond motifs is 1. The summed E-state index contributed by atoms with van der Waals surface area (Å²) >= 11 is 0. The van der Waals surface area contributed by atoms with Gasteiger partial charge in [0.2, 0.25) is 0 Å². The Bertz CT molecular complexity index is 596. The predicted molar refractivity (Wildman–Crippen MR) is 64.9 cm³/mol. The van der Waals surface area contributed by atoms with Gasteiger partial charge in [-0.25, -0.2) is 5.10 Å². The van der Waals surface area contributed by atoms with E-state index in [1.807, 2.05) is 0 Å². The molecule has 3 rings (SSSR count). The summed E-state index contributed by atoms with van der Waals surface area (Å²) in [6.07, 6.45) is 0.969. The summed E-state index contributed by atoms with van der Waals surface area (Å²) in [7, 11) is 0. The maximum atomic E-state index is 11.0. The summed E-state index contributed by atoms with van der Waals surface area (Å²) in [5.41, 5.74) is 0.426. The zero-order chi connectivity index (χ0) is 12.5. The maximum absolute atomic E-state index is 11.0. The number of nitrogens with zero attached hydrogens (tertiary/aromatic N) is 4. The normalized spacial score (nSPS) is 18.6. The van der Waals surface area contributed by atoms with Crippen LogP contribution in [0.25, 0.3) is 11.5 Å². The van der Waals surface area contributed by atoms with E-state index in [-0.39, 0.29) is 11.6 Å². The second-order valence-corrected chi connectivity index (χ2v) is 4.25. The fourth-order valence-corrected chi connectivity index (χ4v) is 2.22. The lowest BCUT2D eigenvalue weighted by atomic mass is 10.2. The summed E-state index contributed by atoms with van der Waals surface area (Å²) in [6.45, 7) is 3.81. The number of nitrogens with one attached hydrogen (secondary N) is 2. The molecule has 2 aromatic heterocycles. The summed E-state index contributed by atoms with van der Waals surface area (Å²) in [4.78, 5) is 11.0. The summed E-state index contributed by atoms with van der Waals surface area (Å²) < 4.78 is 2.06. The Morgan fingerprint density at radius 3 is 3.06 bits per heavy atom. The van der Waals surface area contributed by atoms with Crippen molar-refractivity contribution in [3.05, 3.63) is 28.3 Å². The van der Waals surface area contributed by atoms with E-state index in [9.17, 15) is 4.79 Å². The molecule has 2 N–H and O–H groups in total. The fourth-order valence-electron chi connectivity index (χ4n) is 2.22. The third kappa shape index (κ3) is 1.72. The Hall–Kier alpha value is -2.02. The van der Waals surface area contributed by atoms with Crippen molar-refractivity contribution in [3.63, 3.8) is 0 Å². The number of aromatic amines is 1. The zero-order valence-electron chi connectivity index (χ0n) is 10.1. The summed E-state index contributed by atoms with van der Waals surface area (Å²) in [6, 6.07) is 3.35. The lowest BCUT2D eigenvalue weighted by Crippen LogP contribution is -2.33. The van der Waals surface area contributed by atoms with E-state index in [4.69, 9.17) is 0 Å². The van der Waals surface area contributed by atoms with Crippen LogP contribution in [0.15, 0.2) is 16.9 Å². The molecule has 1 aliphatic heterocycles. The van der Waals surface area contributed by atoms with Gasteiger partial charge in [-0.1, -0.05) is 6.92 Å². The van der Waals surface area contributed by atoms with Gasteiger partial charge < -0.3 is 9.88 Å². The second-order valence-electron chi connectivity index (χ2n) is 4.25. The van der Waals surface area contributed by atoms with Crippen LogP contribution in [0.5, 0.6) is 0 Å². The van der Waals surface area contributed by atoms with Crippen LogP contribution in [-0.2, 0) is 6.54 Å². The number of hydrogen-bond donors (Lipinski definition) is 2. The van der Waals surface area contributed by atoms with E-state index in [2.05, 4.69) is 37.2 Å². The van der Waals surface area contributed by atoms with Crippen molar-refractivity contribution in [1.29, 1.82) is 0 Å². The molecule has 7 nitrogen and oxygen atoms in total. The quantitative estimate of drug-likeness (QED) is 0.783. The average Bonchev–Trinajstić information content (AvgIpc) is 2.83. The largest absolute Gasteiger partial charge is 0.307 e. The van der Waals surface area contributed by atoms with Crippen molar-refractivity contribution in [2.75, 3.05) is 6.54 Å². The third-order valence-corrected chi connectivity index (χ3v) is 3.13. The molecule has 2 aromatic rings. The first-order valence-corrected chi connectivity index (χ1v) is 6.02. The molecule has 0 aromatic carbocycles. The van der Waals surface area contributed by atoms with Gasteiger partial charge in [0.25, 0.3) is 5.56 Å². The molecule has 0 amide bonds. The van der Waals surface area contributed by atoms with Crippen molar-refractivity contribution < 1.29 is 0 Å². The zero-order valence-corrected chi connectivity index (χ0v) is 10.1. The Balaban J connectivity index is 2.06. The lowest BCUT2D eigenvalue weighted by Gasteiger charge is -2.23. The van der Waals surface area contributed by atoms with Crippen molar-refractivity contribution >= 4 is 0 Å². The topological polar surface area (TPSA) is 88.5 Å². The van der Waals surface area contributed by atoms with E-state index in [1.54, 1.807) is 6.07 Å². The molecule has 1 aliphatic rings. The molecule has 1 unspecified atom stereocenters. The molecule has 0 radical (unpaired) electrons. The highest BCUT2D eigenvalue weighted by molar-refractivity contribution is 5.48. The first kappa shape index (κ1) is 11.1. The number of hydrogen-bond acceptors (Lipinski definition) is 5. The molecule has 0 saturated carbocycles. The van der Waals surface area contributed by atoms with Crippen LogP contribution >= 0.6 is 0 Å². The van der Waals surface area contributed by atoms with E-state index >= 15 is 0 Å². The van der Waals surface area contributed by atoms with E-state index in [0.717, 1.165) is 25.3 Å². The van der Waals surface area contributed by atoms with Crippen LogP contribution < -0.4 is 10.9 Å². The summed E-state index contributed by atoms with van der Waals surface area (Å²) in [5.74, 6) is 1.65. The molecule has 0 saturated heterocycles. The molecule has 7 heteroatoms. The number of H-pyrrole nitrogens is 1. The van der Waals surface area contributed by atoms with Crippen LogP contribution in [0.1, 0.15) is 25.2 Å². The van der Waals surface area contributed by atoms with Crippen LogP contribution in [0.2, 0.25) is 0 Å². The summed E-state index contributed by atoms with van der Waals surface area (Å²) in [5, 5.41) is 18.2. The molecule has 0 spiro atoms. The highest BCUT2D eigenvalue weighted by atomic mass is 16.1. The Morgan fingerprint density at radius 2 is 2.33 bits per heavy atom. The van der Waals surface area contributed by atoms with E-state index in [0.29, 0.717) is 11.5 Å². The van der Waals surface area contributed by atoms with Crippen molar-refractivity contribution in [2.24, 2.45) is 0 Å². The second kappa shape index (κ2) is 4.34. The smallest absolute Gasteiger partial charge is 0.264 e. The van der Waals surface area contributed by atoms with Gasteiger partial charge in [-0.2, -0.15) is 5.10 Å². The minimum Gasteiger partial charge on any atom is -0.307 e. The monoisotopic (exact) mass is 246 g/mol. The standard InChI is InChI=1S/C11H14N6O/c1-2-7-10-15-16-11(17(10)6-5-12-7)8-3-4-9(18)14-13-8/h3-4,7,12H,2,5-6H2,1H3,(H,14,18). The Kier molecular flexibility index (Phi) is 2.67. The van der Waals surface area contributed by atoms with Crippen LogP contribution in [0, 0.1) is 0 Å². The minimum absolute atomic E-state index is 0.217. The van der Waals surface area contributed by atoms with Gasteiger partial charge in [0.05, 0.1) is 6.04 Å². The van der Waals surface area contributed by atoms with Crippen LogP contribution in [0.4, 0.5) is 0 Å². The highest BCUT2D eigenvalue weighted by Crippen LogP contribution is 2.23. The van der Waals surface area contributed by atoms with Gasteiger partial charge in [-0.15, -0.1) is 10.2 Å². The van der Waals surface area contributed by atoms with Gasteiger partial charge in [0.1, 0.15) is 5.69 Å². The van der Waals surface area contributed by atoms with Gasteiger partial charge >= 0.3 is 0 Å². The van der Waals surface area contributed by atoms with Crippen molar-refractivity contribution in [2.45, 2.75) is 25.9 Å². The molecular weight excluding hydrogens is 232 g/mol. The molecule has 0 aliphatic carbocycles. The van der Waals surface area contributed by atoms with Gasteiger partial charge in [0, 0.05) is 19.2 Å². The molecule has 1 atom stereocenters. The highest BCUT2D eigenvalue weighted by Gasteiger charge is 2.24. The molecular formula is C11H14N6O.